The van der Waals surface area contributed by atoms with Crippen molar-refractivity contribution >= 4 is 35.1 Å². The van der Waals surface area contributed by atoms with Crippen LogP contribution in [0, 0.1) is 5.92 Å². The quantitative estimate of drug-likeness (QED) is 0.399. The summed E-state index contributed by atoms with van der Waals surface area (Å²) in [5.74, 6) is 0.711. The van der Waals surface area contributed by atoms with E-state index < -0.39 is 0 Å². The van der Waals surface area contributed by atoms with Gasteiger partial charge in [-0.3, -0.25) is 4.79 Å². The molecule has 128 valence electrons. The van der Waals surface area contributed by atoms with Crippen LogP contribution >= 0.6 is 23.2 Å². The fourth-order valence-electron chi connectivity index (χ4n) is 1.73. The molecule has 0 atom stereocenters. The summed E-state index contributed by atoms with van der Waals surface area (Å²) in [5.41, 5.74) is 0.904. The molecule has 3 N–H and O–H groups in total. The maximum absolute atomic E-state index is 11.5. The van der Waals surface area contributed by atoms with Gasteiger partial charge in [-0.05, 0) is 24.6 Å². The van der Waals surface area contributed by atoms with Gasteiger partial charge in [0.05, 0.1) is 6.54 Å². The summed E-state index contributed by atoms with van der Waals surface area (Å²) in [6.45, 7) is 8.06. The zero-order valence-electron chi connectivity index (χ0n) is 13.7. The third-order valence-corrected chi connectivity index (χ3v) is 3.59. The highest BCUT2D eigenvalue weighted by molar-refractivity contribution is 6.35. The molecule has 1 rings (SSSR count). The molecule has 0 aliphatic carbocycles. The minimum Gasteiger partial charge on any atom is -0.357 e. The zero-order valence-corrected chi connectivity index (χ0v) is 15.3. The van der Waals surface area contributed by atoms with Crippen molar-refractivity contribution in [2.45, 2.75) is 27.3 Å². The summed E-state index contributed by atoms with van der Waals surface area (Å²) in [7, 11) is 0. The van der Waals surface area contributed by atoms with Gasteiger partial charge in [-0.2, -0.15) is 0 Å². The average molecular weight is 359 g/mol. The van der Waals surface area contributed by atoms with Crippen LogP contribution in [0.4, 0.5) is 0 Å². The van der Waals surface area contributed by atoms with E-state index >= 15 is 0 Å². The number of guanidine groups is 1. The summed E-state index contributed by atoms with van der Waals surface area (Å²) < 4.78 is 0. The summed E-state index contributed by atoms with van der Waals surface area (Å²) in [4.78, 5) is 16.0. The first kappa shape index (κ1) is 19.6. The van der Waals surface area contributed by atoms with Crippen molar-refractivity contribution in [3.05, 3.63) is 33.8 Å². The third-order valence-electron chi connectivity index (χ3n) is 3.01. The number of amides is 1. The van der Waals surface area contributed by atoms with Crippen LogP contribution in [-0.4, -0.2) is 31.5 Å². The molecule has 0 spiro atoms. The Kier molecular flexibility index (Phi) is 8.81. The van der Waals surface area contributed by atoms with E-state index in [1.807, 2.05) is 26.8 Å². The molecular formula is C16H24Cl2N4O. The number of carbonyl (C=O) groups excluding carboxylic acids is 1. The van der Waals surface area contributed by atoms with E-state index in [-0.39, 0.29) is 11.8 Å². The van der Waals surface area contributed by atoms with Crippen molar-refractivity contribution in [1.29, 1.82) is 0 Å². The number of nitrogens with zero attached hydrogens (tertiary/aromatic N) is 1. The topological polar surface area (TPSA) is 65.5 Å². The van der Waals surface area contributed by atoms with Crippen LogP contribution in [0.5, 0.6) is 0 Å². The van der Waals surface area contributed by atoms with E-state index in [2.05, 4.69) is 20.9 Å². The van der Waals surface area contributed by atoms with Crippen molar-refractivity contribution < 1.29 is 4.79 Å². The van der Waals surface area contributed by atoms with Gasteiger partial charge in [0.1, 0.15) is 0 Å². The first-order valence-corrected chi connectivity index (χ1v) is 8.43. The molecule has 0 radical (unpaired) electrons. The lowest BCUT2D eigenvalue weighted by atomic mass is 10.2. The monoisotopic (exact) mass is 358 g/mol. The molecule has 0 heterocycles. The Morgan fingerprint density at radius 2 is 1.87 bits per heavy atom. The SMILES string of the molecule is CCNC(=NCc1ccc(Cl)cc1Cl)NCCNC(=O)C(C)C. The highest BCUT2D eigenvalue weighted by Crippen LogP contribution is 2.21. The Labute approximate surface area is 147 Å². The number of hydrogen-bond acceptors (Lipinski definition) is 2. The molecular weight excluding hydrogens is 335 g/mol. The smallest absolute Gasteiger partial charge is 0.222 e. The van der Waals surface area contributed by atoms with Gasteiger partial charge < -0.3 is 16.0 Å². The van der Waals surface area contributed by atoms with E-state index in [4.69, 9.17) is 23.2 Å². The lowest BCUT2D eigenvalue weighted by Gasteiger charge is -2.13. The molecule has 0 aliphatic rings. The molecule has 1 amide bonds. The normalized spacial score (nSPS) is 11.5. The molecule has 7 heteroatoms. The Hall–Kier alpha value is -1.46. The molecule has 0 unspecified atom stereocenters. The molecule has 0 aliphatic heterocycles. The molecule has 0 fully saturated rings. The van der Waals surface area contributed by atoms with Crippen molar-refractivity contribution in [3.63, 3.8) is 0 Å². The van der Waals surface area contributed by atoms with Crippen molar-refractivity contribution in [2.75, 3.05) is 19.6 Å². The largest absolute Gasteiger partial charge is 0.357 e. The molecule has 0 bridgehead atoms. The van der Waals surface area contributed by atoms with Crippen molar-refractivity contribution in [1.82, 2.24) is 16.0 Å². The zero-order chi connectivity index (χ0) is 17.2. The van der Waals surface area contributed by atoms with E-state index in [1.54, 1.807) is 12.1 Å². The van der Waals surface area contributed by atoms with Gasteiger partial charge in [0.2, 0.25) is 5.91 Å². The molecule has 0 saturated carbocycles. The van der Waals surface area contributed by atoms with Gasteiger partial charge >= 0.3 is 0 Å². The highest BCUT2D eigenvalue weighted by Gasteiger charge is 2.05. The third kappa shape index (κ3) is 7.57. The molecule has 0 aromatic heterocycles. The maximum atomic E-state index is 11.5. The first-order valence-electron chi connectivity index (χ1n) is 7.67. The van der Waals surface area contributed by atoms with Crippen LogP contribution in [0.3, 0.4) is 0 Å². The second-order valence-electron chi connectivity index (χ2n) is 5.30. The number of aliphatic imine (C=N–C) groups is 1. The number of halogens is 2. The van der Waals surface area contributed by atoms with Crippen LogP contribution in [0.15, 0.2) is 23.2 Å². The van der Waals surface area contributed by atoms with Gasteiger partial charge in [0, 0.05) is 35.6 Å². The summed E-state index contributed by atoms with van der Waals surface area (Å²) >= 11 is 12.0. The van der Waals surface area contributed by atoms with Crippen molar-refractivity contribution in [2.24, 2.45) is 10.9 Å². The standard InChI is InChI=1S/C16H24Cl2N4O/c1-4-19-16(21-8-7-20-15(23)11(2)3)22-10-12-5-6-13(17)9-14(12)18/h5-6,9,11H,4,7-8,10H2,1-3H3,(H,20,23)(H2,19,21,22). The molecule has 23 heavy (non-hydrogen) atoms. The van der Waals surface area contributed by atoms with Crippen molar-refractivity contribution in [3.8, 4) is 0 Å². The first-order chi connectivity index (χ1) is 10.9. The second-order valence-corrected chi connectivity index (χ2v) is 6.15. The maximum Gasteiger partial charge on any atom is 0.222 e. The molecule has 1 aromatic rings. The lowest BCUT2D eigenvalue weighted by molar-refractivity contribution is -0.123. The van der Waals surface area contributed by atoms with Crippen LogP contribution in [0.25, 0.3) is 0 Å². The Morgan fingerprint density at radius 1 is 1.17 bits per heavy atom. The lowest BCUT2D eigenvalue weighted by Crippen LogP contribution is -2.42. The number of nitrogens with one attached hydrogen (secondary N) is 3. The minimum absolute atomic E-state index is 0.0102. The van der Waals surface area contributed by atoms with E-state index in [0.717, 1.165) is 12.1 Å². The Bertz CT molecular complexity index is 547. The van der Waals surface area contributed by atoms with Gasteiger partial charge in [-0.15, -0.1) is 0 Å². The fraction of sp³-hybridized carbons (Fsp3) is 0.500. The van der Waals surface area contributed by atoms with Gasteiger partial charge in [-0.25, -0.2) is 4.99 Å². The molecule has 0 saturated heterocycles. The fourth-order valence-corrected chi connectivity index (χ4v) is 2.19. The predicted molar refractivity (Wildman–Crippen MR) is 97.1 cm³/mol. The summed E-state index contributed by atoms with van der Waals surface area (Å²) in [6.07, 6.45) is 0. The van der Waals surface area contributed by atoms with Gasteiger partial charge in [0.15, 0.2) is 5.96 Å². The van der Waals surface area contributed by atoms with Crippen LogP contribution in [0.2, 0.25) is 10.0 Å². The van der Waals surface area contributed by atoms with E-state index in [0.29, 0.717) is 35.6 Å². The molecule has 1 aromatic carbocycles. The van der Waals surface area contributed by atoms with Gasteiger partial charge in [-0.1, -0.05) is 43.1 Å². The Balaban J connectivity index is 2.51. The number of rotatable bonds is 7. The summed E-state index contributed by atoms with van der Waals surface area (Å²) in [6, 6.07) is 5.36. The van der Waals surface area contributed by atoms with Crippen LogP contribution in [-0.2, 0) is 11.3 Å². The Morgan fingerprint density at radius 3 is 2.48 bits per heavy atom. The number of benzene rings is 1. The summed E-state index contributed by atoms with van der Waals surface area (Å²) in [5, 5.41) is 10.4. The second kappa shape index (κ2) is 10.3. The van der Waals surface area contributed by atoms with Crippen LogP contribution in [0.1, 0.15) is 26.3 Å². The number of carbonyl (C=O) groups is 1. The minimum atomic E-state index is -0.0102. The van der Waals surface area contributed by atoms with Crippen LogP contribution < -0.4 is 16.0 Å². The van der Waals surface area contributed by atoms with E-state index in [9.17, 15) is 4.79 Å². The number of hydrogen-bond donors (Lipinski definition) is 3. The van der Waals surface area contributed by atoms with Gasteiger partial charge in [0.25, 0.3) is 0 Å². The van der Waals surface area contributed by atoms with E-state index in [1.165, 1.54) is 0 Å². The molecule has 5 nitrogen and oxygen atoms in total. The highest BCUT2D eigenvalue weighted by atomic mass is 35.5. The predicted octanol–water partition coefficient (Wildman–Crippen LogP) is 2.82. The average Bonchev–Trinajstić information content (AvgIpc) is 2.49.